The minimum Gasteiger partial charge on any atom is -0.345 e. The number of nitrogens with one attached hydrogen (secondary N) is 1. The van der Waals surface area contributed by atoms with Crippen molar-refractivity contribution < 1.29 is 9.59 Å². The minimum atomic E-state index is -0.600. The van der Waals surface area contributed by atoms with Gasteiger partial charge in [0, 0.05) is 10.4 Å². The van der Waals surface area contributed by atoms with Crippen LogP contribution < -0.4 is 5.32 Å². The van der Waals surface area contributed by atoms with Gasteiger partial charge in [-0.2, -0.15) is 0 Å². The zero-order chi connectivity index (χ0) is 11.7. The average Bonchev–Trinajstić information content (AvgIpc) is 2.70. The van der Waals surface area contributed by atoms with Gasteiger partial charge in [-0.25, -0.2) is 0 Å². The van der Waals surface area contributed by atoms with Crippen molar-refractivity contribution >= 4 is 34.6 Å². The molecule has 86 valence electrons. The predicted octanol–water partition coefficient (Wildman–Crippen LogP) is 1.99. The van der Waals surface area contributed by atoms with Crippen LogP contribution in [0.3, 0.4) is 0 Å². The fourth-order valence-electron chi connectivity index (χ4n) is 1.77. The van der Waals surface area contributed by atoms with Crippen molar-refractivity contribution in [1.82, 2.24) is 5.32 Å². The van der Waals surface area contributed by atoms with Gasteiger partial charge in [-0.3, -0.25) is 9.59 Å². The van der Waals surface area contributed by atoms with Crippen LogP contribution in [0.2, 0.25) is 0 Å². The van der Waals surface area contributed by atoms with E-state index in [0.717, 1.165) is 16.9 Å². The third-order valence-electron chi connectivity index (χ3n) is 2.67. The molecule has 1 aliphatic rings. The summed E-state index contributed by atoms with van der Waals surface area (Å²) in [5.41, 5.74) is 0.753. The molecule has 2 rings (SSSR count). The highest BCUT2D eigenvalue weighted by Crippen LogP contribution is 2.26. The van der Waals surface area contributed by atoms with E-state index >= 15 is 0 Å². The van der Waals surface area contributed by atoms with Crippen molar-refractivity contribution in [1.29, 1.82) is 0 Å². The maximum atomic E-state index is 12.0. The number of carbonyl (C=O) groups excluding carboxylic acids is 2. The van der Waals surface area contributed by atoms with Crippen molar-refractivity contribution in [2.45, 2.75) is 31.2 Å². The number of hydrogen-bond donors (Lipinski definition) is 1. The first-order valence-electron chi connectivity index (χ1n) is 5.14. The van der Waals surface area contributed by atoms with E-state index in [1.54, 1.807) is 18.3 Å². The standard InChI is InChI=1S/C11H12ClNO2S/c1-6(12)11(15)13-8-2-3-9-7(10(8)14)4-5-16-9/h4-6,8H,2-3H2,1H3,(H,13,15). The summed E-state index contributed by atoms with van der Waals surface area (Å²) in [5.74, 6) is -0.271. The molecule has 0 saturated heterocycles. The molecule has 3 nitrogen and oxygen atoms in total. The van der Waals surface area contributed by atoms with Crippen LogP contribution in [-0.4, -0.2) is 23.1 Å². The van der Waals surface area contributed by atoms with Crippen molar-refractivity contribution in [2.75, 3.05) is 0 Å². The van der Waals surface area contributed by atoms with Gasteiger partial charge in [-0.1, -0.05) is 0 Å². The number of hydrogen-bond acceptors (Lipinski definition) is 3. The Hall–Kier alpha value is -0.870. The third kappa shape index (κ3) is 2.13. The van der Waals surface area contributed by atoms with Crippen LogP contribution >= 0.6 is 22.9 Å². The van der Waals surface area contributed by atoms with E-state index in [4.69, 9.17) is 11.6 Å². The molecule has 1 amide bonds. The number of thiophene rings is 1. The largest absolute Gasteiger partial charge is 0.345 e. The summed E-state index contributed by atoms with van der Waals surface area (Å²) in [6.45, 7) is 1.60. The van der Waals surface area contributed by atoms with Gasteiger partial charge in [-0.15, -0.1) is 22.9 Å². The molecule has 1 aromatic heterocycles. The monoisotopic (exact) mass is 257 g/mol. The Bertz CT molecular complexity index is 427. The van der Waals surface area contributed by atoms with Gasteiger partial charge in [0.15, 0.2) is 5.78 Å². The summed E-state index contributed by atoms with van der Waals surface area (Å²) in [5, 5.41) is 4.00. The lowest BCUT2D eigenvalue weighted by atomic mass is 9.93. The Kier molecular flexibility index (Phi) is 3.30. The summed E-state index contributed by atoms with van der Waals surface area (Å²) >= 11 is 7.25. The lowest BCUT2D eigenvalue weighted by Crippen LogP contribution is -2.45. The molecular formula is C11H12ClNO2S. The van der Waals surface area contributed by atoms with Gasteiger partial charge >= 0.3 is 0 Å². The van der Waals surface area contributed by atoms with Gasteiger partial charge in [0.2, 0.25) is 5.91 Å². The third-order valence-corrected chi connectivity index (χ3v) is 3.84. The molecular weight excluding hydrogens is 246 g/mol. The van der Waals surface area contributed by atoms with E-state index in [1.165, 1.54) is 0 Å². The smallest absolute Gasteiger partial charge is 0.238 e. The van der Waals surface area contributed by atoms with Crippen LogP contribution in [0.5, 0.6) is 0 Å². The number of carbonyl (C=O) groups is 2. The highest BCUT2D eigenvalue weighted by atomic mass is 35.5. The van der Waals surface area contributed by atoms with Gasteiger partial charge < -0.3 is 5.32 Å². The molecule has 0 aromatic carbocycles. The fourth-order valence-corrected chi connectivity index (χ4v) is 2.73. The molecule has 0 radical (unpaired) electrons. The molecule has 1 aliphatic carbocycles. The summed E-state index contributed by atoms with van der Waals surface area (Å²) in [4.78, 5) is 24.5. The lowest BCUT2D eigenvalue weighted by Gasteiger charge is -2.22. The highest BCUT2D eigenvalue weighted by Gasteiger charge is 2.29. The van der Waals surface area contributed by atoms with Gasteiger partial charge in [0.25, 0.3) is 0 Å². The Morgan fingerprint density at radius 3 is 3.12 bits per heavy atom. The zero-order valence-electron chi connectivity index (χ0n) is 8.83. The van der Waals surface area contributed by atoms with Gasteiger partial charge in [0.1, 0.15) is 5.38 Å². The maximum Gasteiger partial charge on any atom is 0.238 e. The molecule has 1 heterocycles. The number of halogens is 1. The number of aryl methyl sites for hydroxylation is 1. The normalized spacial score (nSPS) is 21.4. The number of Topliss-reactive ketones (excluding diaryl/α,β-unsaturated/α-hetero) is 1. The Balaban J connectivity index is 2.10. The first kappa shape index (κ1) is 11.6. The molecule has 1 N–H and O–H groups in total. The molecule has 16 heavy (non-hydrogen) atoms. The molecule has 2 unspecified atom stereocenters. The van der Waals surface area contributed by atoms with Crippen molar-refractivity contribution in [3.8, 4) is 0 Å². The molecule has 1 aromatic rings. The predicted molar refractivity (Wildman–Crippen MR) is 64.2 cm³/mol. The lowest BCUT2D eigenvalue weighted by molar-refractivity contribution is -0.121. The summed E-state index contributed by atoms with van der Waals surface area (Å²) in [7, 11) is 0. The van der Waals surface area contributed by atoms with Crippen molar-refractivity contribution in [2.24, 2.45) is 0 Å². The number of fused-ring (bicyclic) bond motifs is 1. The van der Waals surface area contributed by atoms with E-state index in [0.29, 0.717) is 6.42 Å². The number of alkyl halides is 1. The summed E-state index contributed by atoms with van der Waals surface area (Å²) in [6, 6.07) is 1.42. The van der Waals surface area contributed by atoms with E-state index in [9.17, 15) is 9.59 Å². The zero-order valence-corrected chi connectivity index (χ0v) is 10.4. The Labute approximate surface area is 103 Å². The minimum absolute atomic E-state index is 0.00756. The van der Waals surface area contributed by atoms with E-state index in [-0.39, 0.29) is 11.7 Å². The van der Waals surface area contributed by atoms with E-state index in [2.05, 4.69) is 5.32 Å². The van der Waals surface area contributed by atoms with Crippen LogP contribution in [0.25, 0.3) is 0 Å². The van der Waals surface area contributed by atoms with Crippen molar-refractivity contribution in [3.05, 3.63) is 21.9 Å². The number of rotatable bonds is 2. The quantitative estimate of drug-likeness (QED) is 0.824. The van der Waals surface area contributed by atoms with Gasteiger partial charge in [-0.05, 0) is 31.2 Å². The molecule has 5 heteroatoms. The Morgan fingerprint density at radius 2 is 2.44 bits per heavy atom. The van der Waals surface area contributed by atoms with Crippen LogP contribution in [-0.2, 0) is 11.2 Å². The van der Waals surface area contributed by atoms with E-state index in [1.807, 2.05) is 11.4 Å². The summed E-state index contributed by atoms with van der Waals surface area (Å²) in [6.07, 6.45) is 1.52. The maximum absolute atomic E-state index is 12.0. The molecule has 0 fully saturated rings. The second kappa shape index (κ2) is 4.55. The van der Waals surface area contributed by atoms with Crippen molar-refractivity contribution in [3.63, 3.8) is 0 Å². The molecule has 0 spiro atoms. The van der Waals surface area contributed by atoms with Crippen LogP contribution in [0.4, 0.5) is 0 Å². The topological polar surface area (TPSA) is 46.2 Å². The SMILES string of the molecule is CC(Cl)C(=O)NC1CCc2sccc2C1=O. The second-order valence-corrected chi connectivity index (χ2v) is 5.49. The Morgan fingerprint density at radius 1 is 1.69 bits per heavy atom. The molecule has 0 bridgehead atoms. The molecule has 2 atom stereocenters. The van der Waals surface area contributed by atoms with E-state index < -0.39 is 11.4 Å². The van der Waals surface area contributed by atoms with Crippen LogP contribution in [0.15, 0.2) is 11.4 Å². The van der Waals surface area contributed by atoms with Crippen LogP contribution in [0.1, 0.15) is 28.6 Å². The summed E-state index contributed by atoms with van der Waals surface area (Å²) < 4.78 is 0. The molecule has 0 aliphatic heterocycles. The number of ketones is 1. The fraction of sp³-hybridized carbons (Fsp3) is 0.455. The van der Waals surface area contributed by atoms with Crippen LogP contribution in [0, 0.1) is 0 Å². The average molecular weight is 258 g/mol. The second-order valence-electron chi connectivity index (χ2n) is 3.84. The molecule has 0 saturated carbocycles. The number of amides is 1. The first-order chi connectivity index (χ1) is 7.59. The van der Waals surface area contributed by atoms with Gasteiger partial charge in [0.05, 0.1) is 6.04 Å². The first-order valence-corrected chi connectivity index (χ1v) is 6.46. The highest BCUT2D eigenvalue weighted by molar-refractivity contribution is 7.10.